The fraction of sp³-hybridized carbons (Fsp3) is 0.444. The molecule has 12 heavy (non-hydrogen) atoms. The van der Waals surface area contributed by atoms with Crippen molar-refractivity contribution in [1.29, 1.82) is 0 Å². The molecule has 0 aliphatic carbocycles. The summed E-state index contributed by atoms with van der Waals surface area (Å²) in [5, 5.41) is 9.03. The van der Waals surface area contributed by atoms with E-state index in [2.05, 4.69) is 6.92 Å². The molecule has 0 bridgehead atoms. The second-order valence-electron chi connectivity index (χ2n) is 2.70. The van der Waals surface area contributed by atoms with E-state index in [0.717, 1.165) is 18.9 Å². The van der Waals surface area contributed by atoms with Gasteiger partial charge in [0.15, 0.2) is 0 Å². The molecule has 0 saturated carbocycles. The number of hydrogen-bond donors (Lipinski definition) is 1. The average Bonchev–Trinajstić information content (AvgIpc) is 1.99. The van der Waals surface area contributed by atoms with Crippen molar-refractivity contribution in [3.63, 3.8) is 0 Å². The molecule has 0 saturated heterocycles. The van der Waals surface area contributed by atoms with E-state index in [-0.39, 0.29) is 5.75 Å². The summed E-state index contributed by atoms with van der Waals surface area (Å²) >= 11 is 0. The van der Waals surface area contributed by atoms with Gasteiger partial charge >= 0.3 is 5.63 Å². The van der Waals surface area contributed by atoms with Gasteiger partial charge in [-0.2, -0.15) is 0 Å². The summed E-state index contributed by atoms with van der Waals surface area (Å²) in [7, 11) is 0. The van der Waals surface area contributed by atoms with Crippen molar-refractivity contribution in [2.75, 3.05) is 0 Å². The van der Waals surface area contributed by atoms with Gasteiger partial charge in [0.25, 0.3) is 0 Å². The molecular formula is C9H12O3. The number of aromatic hydroxyl groups is 1. The number of hydrogen-bond acceptors (Lipinski definition) is 3. The van der Waals surface area contributed by atoms with E-state index in [1.807, 2.05) is 0 Å². The van der Waals surface area contributed by atoms with Crippen LogP contribution in [0.4, 0.5) is 0 Å². The van der Waals surface area contributed by atoms with Crippen LogP contribution in [0.2, 0.25) is 0 Å². The maximum atomic E-state index is 10.7. The van der Waals surface area contributed by atoms with Gasteiger partial charge in [-0.1, -0.05) is 13.3 Å². The Morgan fingerprint density at radius 1 is 1.50 bits per heavy atom. The molecule has 0 aliphatic heterocycles. The molecule has 0 radical (unpaired) electrons. The van der Waals surface area contributed by atoms with Crippen molar-refractivity contribution in [3.05, 3.63) is 28.3 Å². The van der Waals surface area contributed by atoms with Gasteiger partial charge in [0.1, 0.15) is 11.5 Å². The van der Waals surface area contributed by atoms with E-state index in [1.54, 1.807) is 0 Å². The molecule has 3 nitrogen and oxygen atoms in total. The molecule has 0 atom stereocenters. The van der Waals surface area contributed by atoms with Crippen molar-refractivity contribution in [1.82, 2.24) is 0 Å². The normalized spacial score (nSPS) is 10.1. The van der Waals surface area contributed by atoms with E-state index in [9.17, 15) is 4.79 Å². The largest absolute Gasteiger partial charge is 0.508 e. The molecule has 66 valence electrons. The van der Waals surface area contributed by atoms with Gasteiger partial charge in [0, 0.05) is 12.5 Å². The number of unbranched alkanes of at least 4 members (excludes halogenated alkanes) is 1. The summed E-state index contributed by atoms with van der Waals surface area (Å²) in [5.74, 6) is 0.541. The first-order valence-electron chi connectivity index (χ1n) is 4.05. The smallest absolute Gasteiger partial charge is 0.339 e. The summed E-state index contributed by atoms with van der Waals surface area (Å²) in [6.07, 6.45) is 2.71. The maximum absolute atomic E-state index is 10.7. The minimum absolute atomic E-state index is 0.0163. The molecule has 1 heterocycles. The van der Waals surface area contributed by atoms with Crippen LogP contribution in [0.5, 0.6) is 5.75 Å². The summed E-state index contributed by atoms with van der Waals surface area (Å²) < 4.78 is 4.84. The third-order valence-electron chi connectivity index (χ3n) is 1.58. The van der Waals surface area contributed by atoms with Crippen LogP contribution in [0, 0.1) is 0 Å². The quantitative estimate of drug-likeness (QED) is 0.747. The highest BCUT2D eigenvalue weighted by Gasteiger charge is 1.99. The van der Waals surface area contributed by atoms with Crippen LogP contribution in [0.3, 0.4) is 0 Å². The third-order valence-corrected chi connectivity index (χ3v) is 1.58. The predicted molar refractivity (Wildman–Crippen MR) is 45.3 cm³/mol. The Labute approximate surface area is 70.7 Å². The Hall–Kier alpha value is -1.25. The van der Waals surface area contributed by atoms with Crippen molar-refractivity contribution in [2.45, 2.75) is 26.2 Å². The predicted octanol–water partition coefficient (Wildman–Crippen LogP) is 1.69. The lowest BCUT2D eigenvalue weighted by molar-refractivity contribution is 0.420. The topological polar surface area (TPSA) is 50.4 Å². The van der Waals surface area contributed by atoms with Gasteiger partial charge in [-0.15, -0.1) is 0 Å². The molecule has 1 aromatic rings. The molecule has 0 aromatic carbocycles. The summed E-state index contributed by atoms with van der Waals surface area (Å²) in [6.45, 7) is 2.06. The van der Waals surface area contributed by atoms with Crippen LogP contribution < -0.4 is 5.63 Å². The van der Waals surface area contributed by atoms with E-state index in [0.29, 0.717) is 12.2 Å². The molecule has 0 unspecified atom stereocenters. The van der Waals surface area contributed by atoms with Gasteiger partial charge < -0.3 is 9.52 Å². The first-order chi connectivity index (χ1) is 5.72. The molecule has 0 aliphatic rings. The molecule has 1 rings (SSSR count). The van der Waals surface area contributed by atoms with Crippen molar-refractivity contribution in [3.8, 4) is 5.75 Å². The Morgan fingerprint density at radius 3 is 2.83 bits per heavy atom. The molecular weight excluding hydrogens is 156 g/mol. The Morgan fingerprint density at radius 2 is 2.25 bits per heavy atom. The Balaban J connectivity index is 2.79. The number of rotatable bonds is 3. The summed E-state index contributed by atoms with van der Waals surface area (Å²) in [6, 6.07) is 2.55. The lowest BCUT2D eigenvalue weighted by atomic mass is 10.2. The minimum atomic E-state index is -0.485. The van der Waals surface area contributed by atoms with Crippen LogP contribution >= 0.6 is 0 Å². The Kier molecular flexibility index (Phi) is 2.91. The average molecular weight is 168 g/mol. The van der Waals surface area contributed by atoms with Gasteiger partial charge in [-0.3, -0.25) is 0 Å². The third kappa shape index (κ3) is 2.42. The lowest BCUT2D eigenvalue weighted by Gasteiger charge is -1.97. The van der Waals surface area contributed by atoms with Crippen molar-refractivity contribution in [2.24, 2.45) is 0 Å². The highest BCUT2D eigenvalue weighted by atomic mass is 16.4. The molecule has 0 spiro atoms. The van der Waals surface area contributed by atoms with E-state index in [4.69, 9.17) is 9.52 Å². The van der Waals surface area contributed by atoms with E-state index in [1.165, 1.54) is 6.07 Å². The van der Waals surface area contributed by atoms with E-state index >= 15 is 0 Å². The summed E-state index contributed by atoms with van der Waals surface area (Å²) in [4.78, 5) is 10.7. The first-order valence-corrected chi connectivity index (χ1v) is 4.05. The highest BCUT2D eigenvalue weighted by Crippen LogP contribution is 2.09. The van der Waals surface area contributed by atoms with Crippen LogP contribution in [-0.4, -0.2) is 5.11 Å². The SMILES string of the molecule is CCCCc1cc(O)cc(=O)o1. The zero-order valence-corrected chi connectivity index (χ0v) is 7.04. The second-order valence-corrected chi connectivity index (χ2v) is 2.70. The van der Waals surface area contributed by atoms with Crippen LogP contribution in [-0.2, 0) is 6.42 Å². The summed E-state index contributed by atoms with van der Waals surface area (Å²) in [5.41, 5.74) is -0.485. The van der Waals surface area contributed by atoms with E-state index < -0.39 is 5.63 Å². The molecule has 3 heteroatoms. The van der Waals surface area contributed by atoms with Gasteiger partial charge in [0.05, 0.1) is 6.07 Å². The molecule has 0 amide bonds. The fourth-order valence-electron chi connectivity index (χ4n) is 0.990. The Bertz CT molecular complexity index is 301. The monoisotopic (exact) mass is 168 g/mol. The fourth-order valence-corrected chi connectivity index (χ4v) is 0.990. The second kappa shape index (κ2) is 3.95. The zero-order valence-electron chi connectivity index (χ0n) is 7.04. The maximum Gasteiger partial charge on any atom is 0.339 e. The molecule has 0 fully saturated rings. The first kappa shape index (κ1) is 8.84. The van der Waals surface area contributed by atoms with Gasteiger partial charge in [0.2, 0.25) is 0 Å². The van der Waals surface area contributed by atoms with Crippen molar-refractivity contribution < 1.29 is 9.52 Å². The number of aryl methyl sites for hydroxylation is 1. The van der Waals surface area contributed by atoms with Crippen LogP contribution in [0.15, 0.2) is 21.3 Å². The lowest BCUT2D eigenvalue weighted by Crippen LogP contribution is -1.98. The van der Waals surface area contributed by atoms with Crippen molar-refractivity contribution >= 4 is 0 Å². The molecule has 1 N–H and O–H groups in total. The van der Waals surface area contributed by atoms with Crippen LogP contribution in [0.25, 0.3) is 0 Å². The van der Waals surface area contributed by atoms with Gasteiger partial charge in [-0.05, 0) is 6.42 Å². The highest BCUT2D eigenvalue weighted by molar-refractivity contribution is 5.18. The zero-order chi connectivity index (χ0) is 8.97. The standard InChI is InChI=1S/C9H12O3/c1-2-3-4-8-5-7(10)6-9(11)12-8/h5-6,10H,2-4H2,1H3. The minimum Gasteiger partial charge on any atom is -0.508 e. The molecule has 1 aromatic heterocycles. The van der Waals surface area contributed by atoms with Gasteiger partial charge in [-0.25, -0.2) is 4.79 Å². The van der Waals surface area contributed by atoms with Crippen LogP contribution in [0.1, 0.15) is 25.5 Å².